The number of hydrogen-bond acceptors (Lipinski definition) is 3. The Morgan fingerprint density at radius 3 is 2.24 bits per heavy atom. The Labute approximate surface area is 102 Å². The highest BCUT2D eigenvalue weighted by Crippen LogP contribution is 2.30. The van der Waals surface area contributed by atoms with Gasteiger partial charge >= 0.3 is 0 Å². The van der Waals surface area contributed by atoms with Crippen LogP contribution in [-0.2, 0) is 4.79 Å². The van der Waals surface area contributed by atoms with Crippen LogP contribution in [0.3, 0.4) is 0 Å². The highest BCUT2D eigenvalue weighted by Gasteiger charge is 2.19. The summed E-state index contributed by atoms with van der Waals surface area (Å²) in [6.45, 7) is 7.17. The second-order valence-electron chi connectivity index (χ2n) is 4.35. The molecule has 0 aliphatic carbocycles. The number of Topliss-reactive ketones (excluding diaryl/α,β-unsaturated/α-hetero) is 2. The predicted molar refractivity (Wildman–Crippen MR) is 66.8 cm³/mol. The minimum Gasteiger partial charge on any atom is -0.496 e. The van der Waals surface area contributed by atoms with Gasteiger partial charge in [-0.2, -0.15) is 0 Å². The van der Waals surface area contributed by atoms with Gasteiger partial charge in [-0.1, -0.05) is 6.07 Å². The maximum Gasteiger partial charge on any atom is 0.174 e. The van der Waals surface area contributed by atoms with Crippen molar-refractivity contribution in [3.05, 3.63) is 28.3 Å². The monoisotopic (exact) mass is 234 g/mol. The molecule has 3 heteroatoms. The molecule has 0 spiro atoms. The fourth-order valence-electron chi connectivity index (χ4n) is 1.97. The standard InChI is InChI=1S/C14H18O3/c1-8-6-9(2)13(12(16)7-10(3)15)14(17-5)11(8)4/h6H,7H2,1-5H3. The lowest BCUT2D eigenvalue weighted by Crippen LogP contribution is -2.10. The summed E-state index contributed by atoms with van der Waals surface area (Å²) in [5.74, 6) is 0.290. The Morgan fingerprint density at radius 1 is 1.18 bits per heavy atom. The highest BCUT2D eigenvalue weighted by atomic mass is 16.5. The zero-order chi connectivity index (χ0) is 13.2. The second kappa shape index (κ2) is 5.13. The number of methoxy groups -OCH3 is 1. The minimum atomic E-state index is -0.171. The van der Waals surface area contributed by atoms with Crippen molar-refractivity contribution in [2.45, 2.75) is 34.1 Å². The van der Waals surface area contributed by atoms with Crippen LogP contribution >= 0.6 is 0 Å². The first-order valence-electron chi connectivity index (χ1n) is 5.56. The normalized spacial score (nSPS) is 10.2. The molecule has 17 heavy (non-hydrogen) atoms. The number of aryl methyl sites for hydroxylation is 2. The van der Waals surface area contributed by atoms with E-state index in [1.54, 1.807) is 7.11 Å². The molecule has 3 nitrogen and oxygen atoms in total. The Kier molecular flexibility index (Phi) is 4.05. The third-order valence-corrected chi connectivity index (χ3v) is 2.88. The van der Waals surface area contributed by atoms with Crippen LogP contribution in [-0.4, -0.2) is 18.7 Å². The quantitative estimate of drug-likeness (QED) is 0.594. The van der Waals surface area contributed by atoms with Gasteiger partial charge in [0.05, 0.1) is 19.1 Å². The van der Waals surface area contributed by atoms with Crippen molar-refractivity contribution in [1.29, 1.82) is 0 Å². The zero-order valence-electron chi connectivity index (χ0n) is 11.0. The summed E-state index contributed by atoms with van der Waals surface area (Å²) in [4.78, 5) is 23.0. The number of hydrogen-bond donors (Lipinski definition) is 0. The van der Waals surface area contributed by atoms with Crippen LogP contribution in [0.1, 0.15) is 40.4 Å². The van der Waals surface area contributed by atoms with Crippen molar-refractivity contribution < 1.29 is 14.3 Å². The first-order valence-corrected chi connectivity index (χ1v) is 5.56. The number of benzene rings is 1. The molecule has 0 saturated carbocycles. The van der Waals surface area contributed by atoms with E-state index in [1.165, 1.54) is 6.92 Å². The molecule has 1 rings (SSSR count). The Hall–Kier alpha value is -1.64. The third-order valence-electron chi connectivity index (χ3n) is 2.88. The molecule has 0 amide bonds. The summed E-state index contributed by atoms with van der Waals surface area (Å²) in [6, 6.07) is 1.95. The zero-order valence-corrected chi connectivity index (χ0v) is 11.0. The topological polar surface area (TPSA) is 43.4 Å². The van der Waals surface area contributed by atoms with Crippen molar-refractivity contribution in [1.82, 2.24) is 0 Å². The summed E-state index contributed by atoms with van der Waals surface area (Å²) in [5, 5.41) is 0. The fraction of sp³-hybridized carbons (Fsp3) is 0.429. The first kappa shape index (κ1) is 13.4. The Morgan fingerprint density at radius 2 is 1.76 bits per heavy atom. The van der Waals surface area contributed by atoms with E-state index in [0.29, 0.717) is 11.3 Å². The van der Waals surface area contributed by atoms with Gasteiger partial charge in [0.25, 0.3) is 0 Å². The van der Waals surface area contributed by atoms with Crippen LogP contribution in [0, 0.1) is 20.8 Å². The lowest BCUT2D eigenvalue weighted by atomic mass is 9.94. The number of carbonyl (C=O) groups is 2. The summed E-state index contributed by atoms with van der Waals surface area (Å²) in [6.07, 6.45) is -0.0697. The SMILES string of the molecule is COc1c(C)c(C)cc(C)c1C(=O)CC(C)=O. The van der Waals surface area contributed by atoms with Crippen molar-refractivity contribution >= 4 is 11.6 Å². The summed E-state index contributed by atoms with van der Waals surface area (Å²) < 4.78 is 5.31. The van der Waals surface area contributed by atoms with Gasteiger partial charge in [0.2, 0.25) is 0 Å². The molecule has 0 atom stereocenters. The van der Waals surface area contributed by atoms with Gasteiger partial charge in [-0.05, 0) is 44.4 Å². The van der Waals surface area contributed by atoms with Crippen LogP contribution in [0.4, 0.5) is 0 Å². The molecule has 0 saturated heterocycles. The molecule has 0 aliphatic heterocycles. The van der Waals surface area contributed by atoms with Gasteiger partial charge in [-0.3, -0.25) is 9.59 Å². The van der Waals surface area contributed by atoms with Gasteiger partial charge in [-0.15, -0.1) is 0 Å². The number of ketones is 2. The van der Waals surface area contributed by atoms with Gasteiger partial charge in [0, 0.05) is 0 Å². The molecule has 0 bridgehead atoms. The molecule has 1 aromatic rings. The summed E-state index contributed by atoms with van der Waals surface area (Å²) >= 11 is 0. The molecule has 0 aliphatic rings. The molecule has 0 heterocycles. The van der Waals surface area contributed by atoms with Crippen LogP contribution < -0.4 is 4.74 Å². The predicted octanol–water partition coefficient (Wildman–Crippen LogP) is 2.78. The van der Waals surface area contributed by atoms with Crippen LogP contribution in [0.5, 0.6) is 5.75 Å². The number of carbonyl (C=O) groups excluding carboxylic acids is 2. The molecule has 0 radical (unpaired) electrons. The van der Waals surface area contributed by atoms with Crippen LogP contribution in [0.2, 0.25) is 0 Å². The van der Waals surface area contributed by atoms with Crippen molar-refractivity contribution in [3.63, 3.8) is 0 Å². The Bertz CT molecular complexity index is 473. The number of ether oxygens (including phenoxy) is 1. The molecule has 1 aromatic carbocycles. The average molecular weight is 234 g/mol. The molecular weight excluding hydrogens is 216 g/mol. The van der Waals surface area contributed by atoms with Crippen LogP contribution in [0.15, 0.2) is 6.07 Å². The fourth-order valence-corrected chi connectivity index (χ4v) is 1.97. The van der Waals surface area contributed by atoms with Gasteiger partial charge in [0.15, 0.2) is 5.78 Å². The van der Waals surface area contributed by atoms with Gasteiger partial charge in [-0.25, -0.2) is 0 Å². The third kappa shape index (κ3) is 2.73. The lowest BCUT2D eigenvalue weighted by Gasteiger charge is -2.15. The van der Waals surface area contributed by atoms with E-state index < -0.39 is 0 Å². The molecule has 0 fully saturated rings. The van der Waals surface area contributed by atoms with Gasteiger partial charge in [0.1, 0.15) is 11.5 Å². The molecule has 0 N–H and O–H groups in total. The van der Waals surface area contributed by atoms with Crippen molar-refractivity contribution in [2.75, 3.05) is 7.11 Å². The van der Waals surface area contributed by atoms with E-state index in [1.807, 2.05) is 26.8 Å². The maximum absolute atomic E-state index is 12.0. The largest absolute Gasteiger partial charge is 0.496 e. The van der Waals surface area contributed by atoms with Crippen molar-refractivity contribution in [2.24, 2.45) is 0 Å². The van der Waals surface area contributed by atoms with E-state index in [0.717, 1.165) is 16.7 Å². The van der Waals surface area contributed by atoms with E-state index in [4.69, 9.17) is 4.74 Å². The maximum atomic E-state index is 12.0. The van der Waals surface area contributed by atoms with E-state index in [2.05, 4.69) is 0 Å². The van der Waals surface area contributed by atoms with E-state index >= 15 is 0 Å². The van der Waals surface area contributed by atoms with Crippen LogP contribution in [0.25, 0.3) is 0 Å². The second-order valence-corrected chi connectivity index (χ2v) is 4.35. The molecular formula is C14H18O3. The van der Waals surface area contributed by atoms with E-state index in [-0.39, 0.29) is 18.0 Å². The highest BCUT2D eigenvalue weighted by molar-refractivity contribution is 6.09. The minimum absolute atomic E-state index is 0.0697. The van der Waals surface area contributed by atoms with Gasteiger partial charge < -0.3 is 4.74 Å². The smallest absolute Gasteiger partial charge is 0.174 e. The average Bonchev–Trinajstić information content (AvgIpc) is 2.21. The Balaban J connectivity index is 3.36. The molecule has 92 valence electrons. The first-order chi connectivity index (χ1) is 7.88. The summed E-state index contributed by atoms with van der Waals surface area (Å²) in [5.41, 5.74) is 3.42. The molecule has 0 aromatic heterocycles. The van der Waals surface area contributed by atoms with E-state index in [9.17, 15) is 9.59 Å². The molecule has 0 unspecified atom stereocenters. The lowest BCUT2D eigenvalue weighted by molar-refractivity contribution is -0.116. The summed E-state index contributed by atoms with van der Waals surface area (Å²) in [7, 11) is 1.55. The number of rotatable bonds is 4. The van der Waals surface area contributed by atoms with Crippen molar-refractivity contribution in [3.8, 4) is 5.75 Å².